The molecule has 0 spiro atoms. The number of aromatic nitrogens is 4. The van der Waals surface area contributed by atoms with Crippen molar-refractivity contribution in [2.75, 3.05) is 19.1 Å². The fourth-order valence-corrected chi connectivity index (χ4v) is 3.57. The SMILES string of the molecule is COc1ncnc2c1nc(N)n2C1CCC(SC)C1. The van der Waals surface area contributed by atoms with Crippen LogP contribution in [-0.4, -0.2) is 38.1 Å². The Morgan fingerprint density at radius 2 is 2.26 bits per heavy atom. The maximum atomic E-state index is 6.07. The van der Waals surface area contributed by atoms with Gasteiger partial charge in [-0.2, -0.15) is 16.7 Å². The molecule has 7 heteroatoms. The summed E-state index contributed by atoms with van der Waals surface area (Å²) in [5.74, 6) is 0.982. The van der Waals surface area contributed by atoms with Crippen molar-refractivity contribution in [2.24, 2.45) is 0 Å². The van der Waals surface area contributed by atoms with Crippen LogP contribution in [-0.2, 0) is 0 Å². The summed E-state index contributed by atoms with van der Waals surface area (Å²) in [5.41, 5.74) is 7.49. The normalized spacial score (nSPS) is 23.1. The first kappa shape index (κ1) is 12.5. The summed E-state index contributed by atoms with van der Waals surface area (Å²) in [6, 6.07) is 0.377. The van der Waals surface area contributed by atoms with E-state index in [1.54, 1.807) is 7.11 Å². The van der Waals surface area contributed by atoms with Crippen molar-refractivity contribution >= 4 is 28.9 Å². The van der Waals surface area contributed by atoms with Gasteiger partial charge in [0.1, 0.15) is 6.33 Å². The zero-order valence-corrected chi connectivity index (χ0v) is 11.9. The highest BCUT2D eigenvalue weighted by Crippen LogP contribution is 2.39. The summed E-state index contributed by atoms with van der Waals surface area (Å²) >= 11 is 1.92. The Morgan fingerprint density at radius 1 is 1.42 bits per heavy atom. The zero-order chi connectivity index (χ0) is 13.4. The van der Waals surface area contributed by atoms with E-state index in [1.807, 2.05) is 16.3 Å². The highest BCUT2D eigenvalue weighted by atomic mass is 32.2. The van der Waals surface area contributed by atoms with E-state index in [1.165, 1.54) is 12.7 Å². The summed E-state index contributed by atoms with van der Waals surface area (Å²) in [6.07, 6.45) is 7.11. The Labute approximate surface area is 115 Å². The zero-order valence-electron chi connectivity index (χ0n) is 11.0. The molecule has 2 atom stereocenters. The van der Waals surface area contributed by atoms with Crippen LogP contribution in [0.4, 0.5) is 5.95 Å². The molecule has 0 amide bonds. The number of hydrogen-bond donors (Lipinski definition) is 1. The van der Waals surface area contributed by atoms with E-state index in [-0.39, 0.29) is 0 Å². The molecule has 102 valence electrons. The quantitative estimate of drug-likeness (QED) is 0.924. The van der Waals surface area contributed by atoms with Gasteiger partial charge in [-0.1, -0.05) is 0 Å². The molecule has 2 unspecified atom stereocenters. The Kier molecular flexibility index (Phi) is 3.22. The lowest BCUT2D eigenvalue weighted by atomic mass is 10.2. The van der Waals surface area contributed by atoms with Crippen LogP contribution in [0.5, 0.6) is 5.88 Å². The van der Waals surface area contributed by atoms with E-state index in [0.29, 0.717) is 28.6 Å². The van der Waals surface area contributed by atoms with Crippen LogP contribution in [0.15, 0.2) is 6.33 Å². The number of imidazole rings is 1. The molecule has 0 aromatic carbocycles. The Balaban J connectivity index is 2.06. The molecule has 2 N–H and O–H groups in total. The lowest BCUT2D eigenvalue weighted by molar-refractivity contribution is 0.401. The van der Waals surface area contributed by atoms with Crippen molar-refractivity contribution in [1.82, 2.24) is 19.5 Å². The number of rotatable bonds is 3. The van der Waals surface area contributed by atoms with Gasteiger partial charge in [0.2, 0.25) is 11.8 Å². The first-order valence-electron chi connectivity index (χ1n) is 6.29. The van der Waals surface area contributed by atoms with Gasteiger partial charge in [0.25, 0.3) is 0 Å². The molecule has 1 aliphatic carbocycles. The van der Waals surface area contributed by atoms with Gasteiger partial charge in [0.05, 0.1) is 7.11 Å². The highest BCUT2D eigenvalue weighted by molar-refractivity contribution is 7.99. The molecule has 1 saturated carbocycles. The van der Waals surface area contributed by atoms with Gasteiger partial charge in [-0.15, -0.1) is 0 Å². The number of nitrogen functional groups attached to an aromatic ring is 1. The van der Waals surface area contributed by atoms with Crippen molar-refractivity contribution < 1.29 is 4.74 Å². The predicted molar refractivity (Wildman–Crippen MR) is 76.5 cm³/mol. The Bertz CT molecular complexity index is 599. The first-order chi connectivity index (χ1) is 9.24. The molecule has 0 bridgehead atoms. The third kappa shape index (κ3) is 2.01. The van der Waals surface area contributed by atoms with E-state index in [9.17, 15) is 0 Å². The highest BCUT2D eigenvalue weighted by Gasteiger charge is 2.29. The van der Waals surface area contributed by atoms with E-state index in [0.717, 1.165) is 18.5 Å². The van der Waals surface area contributed by atoms with Crippen LogP contribution in [0.1, 0.15) is 25.3 Å². The summed E-state index contributed by atoms with van der Waals surface area (Å²) in [7, 11) is 1.58. The summed E-state index contributed by atoms with van der Waals surface area (Å²) in [6.45, 7) is 0. The van der Waals surface area contributed by atoms with Crippen LogP contribution in [0, 0.1) is 0 Å². The number of hydrogen-bond acceptors (Lipinski definition) is 6. The molecular weight excluding hydrogens is 262 g/mol. The van der Waals surface area contributed by atoms with Crippen molar-refractivity contribution in [1.29, 1.82) is 0 Å². The summed E-state index contributed by atoms with van der Waals surface area (Å²) in [4.78, 5) is 12.8. The lowest BCUT2D eigenvalue weighted by Gasteiger charge is -2.14. The van der Waals surface area contributed by atoms with Gasteiger partial charge in [-0.05, 0) is 25.5 Å². The molecule has 0 aliphatic heterocycles. The number of thioether (sulfide) groups is 1. The van der Waals surface area contributed by atoms with Gasteiger partial charge < -0.3 is 10.5 Å². The van der Waals surface area contributed by atoms with Crippen molar-refractivity contribution in [2.45, 2.75) is 30.6 Å². The average Bonchev–Trinajstić information content (AvgIpc) is 3.00. The maximum Gasteiger partial charge on any atom is 0.245 e. The van der Waals surface area contributed by atoms with Crippen molar-refractivity contribution in [3.8, 4) is 5.88 Å². The topological polar surface area (TPSA) is 78.8 Å². The third-order valence-electron chi connectivity index (χ3n) is 3.72. The van der Waals surface area contributed by atoms with Gasteiger partial charge >= 0.3 is 0 Å². The number of nitrogens with two attached hydrogens (primary N) is 1. The van der Waals surface area contributed by atoms with Crippen molar-refractivity contribution in [3.63, 3.8) is 0 Å². The van der Waals surface area contributed by atoms with Gasteiger partial charge in [0.15, 0.2) is 11.2 Å². The molecule has 0 radical (unpaired) electrons. The second-order valence-corrected chi connectivity index (χ2v) is 5.86. The molecule has 2 aromatic rings. The molecule has 1 aliphatic rings. The fourth-order valence-electron chi connectivity index (χ4n) is 2.78. The van der Waals surface area contributed by atoms with E-state index in [2.05, 4.69) is 21.2 Å². The molecule has 19 heavy (non-hydrogen) atoms. The standard InChI is InChI=1S/C12H17N5OS/c1-18-11-9-10(14-6-15-11)17(12(13)16-9)7-3-4-8(5-7)19-2/h6-8H,3-5H2,1-2H3,(H2,13,16). The van der Waals surface area contributed by atoms with Crippen LogP contribution in [0.25, 0.3) is 11.2 Å². The minimum atomic E-state index is 0.377. The van der Waals surface area contributed by atoms with E-state index < -0.39 is 0 Å². The van der Waals surface area contributed by atoms with Gasteiger partial charge in [-0.3, -0.25) is 4.57 Å². The van der Waals surface area contributed by atoms with E-state index in [4.69, 9.17) is 10.5 Å². The molecule has 3 rings (SSSR count). The summed E-state index contributed by atoms with van der Waals surface area (Å²) in [5, 5.41) is 0.700. The molecule has 2 heterocycles. The maximum absolute atomic E-state index is 6.07. The van der Waals surface area contributed by atoms with Gasteiger partial charge in [0, 0.05) is 11.3 Å². The Hall–Kier alpha value is -1.50. The molecule has 2 aromatic heterocycles. The smallest absolute Gasteiger partial charge is 0.245 e. The Morgan fingerprint density at radius 3 is 2.95 bits per heavy atom. The van der Waals surface area contributed by atoms with Crippen LogP contribution < -0.4 is 10.5 Å². The monoisotopic (exact) mass is 279 g/mol. The number of ether oxygens (including phenoxy) is 1. The van der Waals surface area contributed by atoms with Gasteiger partial charge in [-0.25, -0.2) is 9.97 Å². The minimum Gasteiger partial charge on any atom is -0.479 e. The first-order valence-corrected chi connectivity index (χ1v) is 7.58. The van der Waals surface area contributed by atoms with Crippen LogP contribution in [0.3, 0.4) is 0 Å². The predicted octanol–water partition coefficient (Wildman–Crippen LogP) is 1.87. The minimum absolute atomic E-state index is 0.377. The number of fused-ring (bicyclic) bond motifs is 1. The third-order valence-corrected chi connectivity index (χ3v) is 4.81. The number of methoxy groups -OCH3 is 1. The van der Waals surface area contributed by atoms with Crippen molar-refractivity contribution in [3.05, 3.63) is 6.33 Å². The molecule has 1 fully saturated rings. The van der Waals surface area contributed by atoms with Crippen LogP contribution >= 0.6 is 11.8 Å². The van der Waals surface area contributed by atoms with Crippen LogP contribution in [0.2, 0.25) is 0 Å². The average molecular weight is 279 g/mol. The number of anilines is 1. The molecular formula is C12H17N5OS. The van der Waals surface area contributed by atoms with E-state index >= 15 is 0 Å². The largest absolute Gasteiger partial charge is 0.479 e. The number of nitrogens with zero attached hydrogens (tertiary/aromatic N) is 4. The second kappa shape index (κ2) is 4.88. The fraction of sp³-hybridized carbons (Fsp3) is 0.583. The molecule has 6 nitrogen and oxygen atoms in total. The summed E-state index contributed by atoms with van der Waals surface area (Å²) < 4.78 is 7.25. The lowest BCUT2D eigenvalue weighted by Crippen LogP contribution is -2.10. The second-order valence-electron chi connectivity index (χ2n) is 4.72. The molecule has 0 saturated heterocycles.